The van der Waals surface area contributed by atoms with Crippen LogP contribution in [0.15, 0.2) is 18.2 Å². The van der Waals surface area contributed by atoms with E-state index in [1.54, 1.807) is 0 Å². The number of carbonyl (C=O) groups excluding carboxylic acids is 1. The third kappa shape index (κ3) is 4.89. The summed E-state index contributed by atoms with van der Waals surface area (Å²) in [6.07, 6.45) is -4.64. The van der Waals surface area contributed by atoms with Crippen LogP contribution in [0, 0.1) is 0 Å². The van der Waals surface area contributed by atoms with Gasteiger partial charge in [0.05, 0.1) is 24.1 Å². The molecule has 0 aliphatic rings. The highest BCUT2D eigenvalue weighted by molar-refractivity contribution is 6.31. The monoisotopic (exact) mass is 317 g/mol. The molecule has 0 saturated carbocycles. The number of ether oxygens (including phenoxy) is 1. The second-order valence-electron chi connectivity index (χ2n) is 3.62. The average molecular weight is 318 g/mol. The minimum atomic E-state index is -4.51. The second-order valence-corrected chi connectivity index (χ2v) is 4.03. The van der Waals surface area contributed by atoms with Crippen molar-refractivity contribution in [3.63, 3.8) is 0 Å². The van der Waals surface area contributed by atoms with Crippen LogP contribution in [-0.4, -0.2) is 13.1 Å². The molecule has 19 heavy (non-hydrogen) atoms. The maximum absolute atomic E-state index is 12.5. The largest absolute Gasteiger partial charge is 0.469 e. The summed E-state index contributed by atoms with van der Waals surface area (Å²) in [5, 5.41) is -0.444. The van der Waals surface area contributed by atoms with Crippen molar-refractivity contribution < 1.29 is 22.7 Å². The van der Waals surface area contributed by atoms with Crippen LogP contribution in [0.4, 0.5) is 13.2 Å². The molecule has 1 rings (SSSR count). The van der Waals surface area contributed by atoms with Crippen LogP contribution in [0.25, 0.3) is 0 Å². The van der Waals surface area contributed by atoms with E-state index in [4.69, 9.17) is 17.3 Å². The standard InChI is InChI=1S/C11H11ClF3NO2.ClH/c1-18-10(17)5-9(16)6-2-3-7(8(12)4-6)11(13,14)15;/h2-4,9H,5,16H2,1H3;1H/t9-;/m1./s1. The highest BCUT2D eigenvalue weighted by Gasteiger charge is 2.33. The third-order valence-electron chi connectivity index (χ3n) is 2.34. The van der Waals surface area contributed by atoms with Crippen molar-refractivity contribution in [2.24, 2.45) is 5.73 Å². The van der Waals surface area contributed by atoms with E-state index in [-0.39, 0.29) is 18.8 Å². The molecular weight excluding hydrogens is 306 g/mol. The molecule has 0 aromatic heterocycles. The summed E-state index contributed by atoms with van der Waals surface area (Å²) >= 11 is 5.54. The molecular formula is C11H12Cl2F3NO2. The Labute approximate surface area is 119 Å². The van der Waals surface area contributed by atoms with Gasteiger partial charge in [-0.05, 0) is 17.7 Å². The predicted octanol–water partition coefficient (Wildman–Crippen LogP) is 3.34. The predicted molar refractivity (Wildman–Crippen MR) is 67.3 cm³/mol. The molecule has 8 heteroatoms. The normalized spacial score (nSPS) is 12.5. The zero-order valence-corrected chi connectivity index (χ0v) is 11.4. The van der Waals surface area contributed by atoms with E-state index in [0.29, 0.717) is 5.56 Å². The highest BCUT2D eigenvalue weighted by atomic mass is 35.5. The summed E-state index contributed by atoms with van der Waals surface area (Å²) in [4.78, 5) is 11.0. The highest BCUT2D eigenvalue weighted by Crippen LogP contribution is 2.35. The van der Waals surface area contributed by atoms with Crippen molar-refractivity contribution in [3.8, 4) is 0 Å². The van der Waals surface area contributed by atoms with Gasteiger partial charge in [-0.15, -0.1) is 12.4 Å². The Morgan fingerprint density at radius 2 is 2.05 bits per heavy atom. The van der Waals surface area contributed by atoms with Gasteiger partial charge < -0.3 is 10.5 Å². The van der Waals surface area contributed by atoms with E-state index in [1.807, 2.05) is 0 Å². The SMILES string of the molecule is COC(=O)C[C@@H](N)c1ccc(C(F)(F)F)c(Cl)c1.Cl. The molecule has 1 aromatic carbocycles. The smallest absolute Gasteiger partial charge is 0.417 e. The Bertz CT molecular complexity index is 452. The molecule has 2 N–H and O–H groups in total. The summed E-state index contributed by atoms with van der Waals surface area (Å²) in [7, 11) is 1.20. The maximum Gasteiger partial charge on any atom is 0.417 e. The van der Waals surface area contributed by atoms with Crippen molar-refractivity contribution in [3.05, 3.63) is 34.3 Å². The summed E-state index contributed by atoms with van der Waals surface area (Å²) < 4.78 is 41.8. The molecule has 108 valence electrons. The van der Waals surface area contributed by atoms with E-state index < -0.39 is 28.8 Å². The molecule has 0 spiro atoms. The van der Waals surface area contributed by atoms with Gasteiger partial charge in [-0.2, -0.15) is 13.2 Å². The van der Waals surface area contributed by atoms with Crippen LogP contribution >= 0.6 is 24.0 Å². The minimum Gasteiger partial charge on any atom is -0.469 e. The van der Waals surface area contributed by atoms with E-state index in [2.05, 4.69) is 4.74 Å². The summed E-state index contributed by atoms with van der Waals surface area (Å²) in [6, 6.07) is 2.40. The molecule has 0 aliphatic carbocycles. The molecule has 0 fully saturated rings. The molecule has 0 saturated heterocycles. The van der Waals surface area contributed by atoms with Gasteiger partial charge in [0.1, 0.15) is 0 Å². The van der Waals surface area contributed by atoms with Gasteiger partial charge in [-0.1, -0.05) is 17.7 Å². The number of halogens is 5. The molecule has 0 aliphatic heterocycles. The number of methoxy groups -OCH3 is 1. The van der Waals surface area contributed by atoms with Gasteiger partial charge in [0, 0.05) is 6.04 Å². The van der Waals surface area contributed by atoms with Gasteiger partial charge in [0.25, 0.3) is 0 Å². The fraction of sp³-hybridized carbons (Fsp3) is 0.364. The Kier molecular flexibility index (Phi) is 6.62. The van der Waals surface area contributed by atoms with Crippen LogP contribution in [0.1, 0.15) is 23.6 Å². The first-order valence-electron chi connectivity index (χ1n) is 4.94. The first-order chi connectivity index (χ1) is 8.25. The molecule has 0 amide bonds. The van der Waals surface area contributed by atoms with Gasteiger partial charge >= 0.3 is 12.1 Å². The van der Waals surface area contributed by atoms with E-state index in [9.17, 15) is 18.0 Å². The zero-order chi connectivity index (χ0) is 13.9. The Morgan fingerprint density at radius 3 is 2.47 bits per heavy atom. The summed E-state index contributed by atoms with van der Waals surface area (Å²) in [5.41, 5.74) is 5.07. The van der Waals surface area contributed by atoms with Crippen molar-refractivity contribution in [2.45, 2.75) is 18.6 Å². The molecule has 0 unspecified atom stereocenters. The number of benzene rings is 1. The van der Waals surface area contributed by atoms with Crippen LogP contribution in [0.5, 0.6) is 0 Å². The van der Waals surface area contributed by atoms with Crippen molar-refractivity contribution in [2.75, 3.05) is 7.11 Å². The first-order valence-corrected chi connectivity index (χ1v) is 5.32. The number of rotatable bonds is 3. The van der Waals surface area contributed by atoms with Crippen molar-refractivity contribution in [1.82, 2.24) is 0 Å². The third-order valence-corrected chi connectivity index (χ3v) is 2.65. The molecule has 1 atom stereocenters. The first kappa shape index (κ1) is 18.0. The Morgan fingerprint density at radius 1 is 1.47 bits per heavy atom. The lowest BCUT2D eigenvalue weighted by molar-refractivity contribution is -0.141. The molecule has 0 radical (unpaired) electrons. The molecule has 1 aromatic rings. The van der Waals surface area contributed by atoms with Crippen molar-refractivity contribution in [1.29, 1.82) is 0 Å². The van der Waals surface area contributed by atoms with Gasteiger partial charge in [-0.3, -0.25) is 4.79 Å². The van der Waals surface area contributed by atoms with Gasteiger partial charge in [0.2, 0.25) is 0 Å². The Hall–Kier alpha value is -0.980. The second kappa shape index (κ2) is 6.98. The summed E-state index contributed by atoms with van der Waals surface area (Å²) in [5.74, 6) is -0.543. The fourth-order valence-corrected chi connectivity index (χ4v) is 1.67. The number of hydrogen-bond acceptors (Lipinski definition) is 3. The lowest BCUT2D eigenvalue weighted by Gasteiger charge is -2.14. The van der Waals surface area contributed by atoms with Gasteiger partial charge in [0.15, 0.2) is 0 Å². The van der Waals surface area contributed by atoms with Crippen LogP contribution in [0.2, 0.25) is 5.02 Å². The van der Waals surface area contributed by atoms with Crippen LogP contribution in [-0.2, 0) is 15.7 Å². The lowest BCUT2D eigenvalue weighted by atomic mass is 10.0. The van der Waals surface area contributed by atoms with E-state index in [0.717, 1.165) is 12.1 Å². The molecule has 0 bridgehead atoms. The average Bonchev–Trinajstić information content (AvgIpc) is 2.26. The van der Waals surface area contributed by atoms with E-state index in [1.165, 1.54) is 13.2 Å². The number of alkyl halides is 3. The summed E-state index contributed by atoms with van der Waals surface area (Å²) in [6.45, 7) is 0. The Balaban J connectivity index is 0.00000324. The number of esters is 1. The minimum absolute atomic E-state index is 0. The lowest BCUT2D eigenvalue weighted by Crippen LogP contribution is -2.17. The van der Waals surface area contributed by atoms with Crippen LogP contribution in [0.3, 0.4) is 0 Å². The number of carbonyl (C=O) groups is 1. The molecule has 3 nitrogen and oxygen atoms in total. The van der Waals surface area contributed by atoms with Crippen molar-refractivity contribution >= 4 is 30.0 Å². The topological polar surface area (TPSA) is 52.3 Å². The zero-order valence-electron chi connectivity index (χ0n) is 9.83. The fourth-order valence-electron chi connectivity index (χ4n) is 1.37. The van der Waals surface area contributed by atoms with Gasteiger partial charge in [-0.25, -0.2) is 0 Å². The quantitative estimate of drug-likeness (QED) is 0.870. The maximum atomic E-state index is 12.5. The number of hydrogen-bond donors (Lipinski definition) is 1. The molecule has 0 heterocycles. The number of nitrogens with two attached hydrogens (primary N) is 1. The van der Waals surface area contributed by atoms with E-state index >= 15 is 0 Å². The van der Waals surface area contributed by atoms with Crippen LogP contribution < -0.4 is 5.73 Å².